The van der Waals surface area contributed by atoms with Crippen molar-refractivity contribution in [2.24, 2.45) is 4.99 Å². The van der Waals surface area contributed by atoms with Crippen LogP contribution in [0.1, 0.15) is 24.0 Å². The Morgan fingerprint density at radius 1 is 1.03 bits per heavy atom. The quantitative estimate of drug-likeness (QED) is 0.632. The lowest BCUT2D eigenvalue weighted by molar-refractivity contribution is -0.116. The summed E-state index contributed by atoms with van der Waals surface area (Å²) in [5, 5.41) is 2.80. The van der Waals surface area contributed by atoms with E-state index in [0.29, 0.717) is 48.3 Å². The molecule has 7 nitrogen and oxygen atoms in total. The average Bonchev–Trinajstić information content (AvgIpc) is 3.35. The summed E-state index contributed by atoms with van der Waals surface area (Å²) in [5.74, 6) is 3.12. The molecule has 0 radical (unpaired) electrons. The first-order valence-electron chi connectivity index (χ1n) is 10.9. The molecular formula is C26H21N3O4. The summed E-state index contributed by atoms with van der Waals surface area (Å²) >= 11 is 0. The van der Waals surface area contributed by atoms with E-state index >= 15 is 0 Å². The molecule has 164 valence electrons. The molecule has 7 heteroatoms. The van der Waals surface area contributed by atoms with E-state index in [1.165, 1.54) is 0 Å². The number of rotatable bonds is 4. The number of nitrogens with zero attached hydrogens (tertiary/aromatic N) is 2. The van der Waals surface area contributed by atoms with Crippen molar-refractivity contribution in [1.29, 1.82) is 0 Å². The maximum absolute atomic E-state index is 11.7. The molecule has 4 heterocycles. The summed E-state index contributed by atoms with van der Waals surface area (Å²) in [6.45, 7) is 0.416. The number of ether oxygens (including phenoxy) is 3. The second kappa shape index (κ2) is 8.09. The van der Waals surface area contributed by atoms with Gasteiger partial charge in [0.25, 0.3) is 0 Å². The first-order valence-corrected chi connectivity index (χ1v) is 10.9. The fourth-order valence-electron chi connectivity index (χ4n) is 4.20. The van der Waals surface area contributed by atoms with Crippen LogP contribution in [-0.2, 0) is 11.2 Å². The molecule has 3 aromatic rings. The standard InChI is InChI=1S/C26H21N3O4/c30-25-11-7-18-21(12-13-27-26(18)29-25)32-17-6-10-22-23(14-17)33-24(15-31-22)20-9-8-19(28-20)16-4-2-1-3-5-16/h1-6,8,10,12-14,24H,7,9,11,15H2,(H,27,29,30). The van der Waals surface area contributed by atoms with Gasteiger partial charge in [0.05, 0.1) is 11.4 Å². The normalized spacial score (nSPS) is 18.7. The Kier molecular flexibility index (Phi) is 4.79. The molecule has 0 spiro atoms. The number of aromatic nitrogens is 1. The Hall–Kier alpha value is -4.13. The molecular weight excluding hydrogens is 418 g/mol. The number of fused-ring (bicyclic) bond motifs is 2. The number of benzene rings is 2. The monoisotopic (exact) mass is 439 g/mol. The van der Waals surface area contributed by atoms with Gasteiger partial charge in [0.1, 0.15) is 23.9 Å². The number of allylic oxidation sites excluding steroid dienone is 1. The third-order valence-electron chi connectivity index (χ3n) is 5.88. The molecule has 2 aromatic carbocycles. The molecule has 0 saturated carbocycles. The number of anilines is 1. The second-order valence-electron chi connectivity index (χ2n) is 8.08. The Balaban J connectivity index is 1.21. The van der Waals surface area contributed by atoms with E-state index in [9.17, 15) is 4.79 Å². The van der Waals surface area contributed by atoms with Crippen molar-refractivity contribution in [3.8, 4) is 23.0 Å². The van der Waals surface area contributed by atoms with Crippen LogP contribution in [0.25, 0.3) is 5.70 Å². The van der Waals surface area contributed by atoms with Crippen LogP contribution in [0, 0.1) is 0 Å². The molecule has 0 bridgehead atoms. The van der Waals surface area contributed by atoms with Gasteiger partial charge in [-0.1, -0.05) is 36.4 Å². The number of hydrogen-bond donors (Lipinski definition) is 1. The first-order chi connectivity index (χ1) is 16.2. The number of aliphatic imine (C=N–C) groups is 1. The van der Waals surface area contributed by atoms with Crippen LogP contribution in [0.5, 0.6) is 23.0 Å². The van der Waals surface area contributed by atoms with Gasteiger partial charge in [-0.05, 0) is 30.2 Å². The van der Waals surface area contributed by atoms with Crippen molar-refractivity contribution >= 4 is 23.1 Å². The summed E-state index contributed by atoms with van der Waals surface area (Å²) in [4.78, 5) is 20.7. The molecule has 1 unspecified atom stereocenters. The van der Waals surface area contributed by atoms with Crippen LogP contribution < -0.4 is 19.5 Å². The van der Waals surface area contributed by atoms with Crippen molar-refractivity contribution < 1.29 is 19.0 Å². The van der Waals surface area contributed by atoms with Crippen LogP contribution in [-0.4, -0.2) is 29.3 Å². The van der Waals surface area contributed by atoms with Crippen molar-refractivity contribution in [3.63, 3.8) is 0 Å². The predicted octanol–water partition coefficient (Wildman–Crippen LogP) is 4.78. The SMILES string of the molecule is O=C1CCc2c(Oc3ccc4c(c3)OC(C3=NC(c5ccccc5)=CC3)CO4)ccnc2N1. The van der Waals surface area contributed by atoms with Gasteiger partial charge in [0, 0.05) is 30.7 Å². The molecule has 3 aliphatic rings. The molecule has 0 saturated heterocycles. The van der Waals surface area contributed by atoms with Gasteiger partial charge < -0.3 is 19.5 Å². The summed E-state index contributed by atoms with van der Waals surface area (Å²) in [6, 6.07) is 17.5. The fourth-order valence-corrected chi connectivity index (χ4v) is 4.20. The lowest BCUT2D eigenvalue weighted by atomic mass is 10.1. The van der Waals surface area contributed by atoms with Gasteiger partial charge >= 0.3 is 0 Å². The zero-order chi connectivity index (χ0) is 22.2. The number of hydrogen-bond acceptors (Lipinski definition) is 6. The molecule has 6 rings (SSSR count). The molecule has 0 aliphatic carbocycles. The molecule has 0 fully saturated rings. The highest BCUT2D eigenvalue weighted by Crippen LogP contribution is 2.39. The first kappa shape index (κ1) is 19.5. The van der Waals surface area contributed by atoms with Crippen LogP contribution in [0.4, 0.5) is 5.82 Å². The number of pyridine rings is 1. The lowest BCUT2D eigenvalue weighted by Gasteiger charge is -2.27. The third-order valence-corrected chi connectivity index (χ3v) is 5.88. The number of nitrogens with one attached hydrogen (secondary N) is 1. The smallest absolute Gasteiger partial charge is 0.225 e. The Bertz CT molecular complexity index is 1300. The van der Waals surface area contributed by atoms with Gasteiger partial charge in [-0.25, -0.2) is 4.98 Å². The topological polar surface area (TPSA) is 82.0 Å². The fraction of sp³-hybridized carbons (Fsp3) is 0.192. The minimum atomic E-state index is -0.255. The van der Waals surface area contributed by atoms with Gasteiger partial charge in [-0.2, -0.15) is 0 Å². The maximum atomic E-state index is 11.7. The number of carbonyl (C=O) groups is 1. The highest BCUT2D eigenvalue weighted by Gasteiger charge is 2.28. The van der Waals surface area contributed by atoms with Crippen LogP contribution in [0.2, 0.25) is 0 Å². The highest BCUT2D eigenvalue weighted by molar-refractivity contribution is 5.99. The summed E-state index contributed by atoms with van der Waals surface area (Å²) in [6.07, 6.45) is 5.23. The van der Waals surface area contributed by atoms with E-state index in [2.05, 4.69) is 28.5 Å². The van der Waals surface area contributed by atoms with E-state index < -0.39 is 0 Å². The minimum Gasteiger partial charge on any atom is -0.485 e. The molecule has 3 aliphatic heterocycles. The number of carbonyl (C=O) groups excluding carboxylic acids is 1. The van der Waals surface area contributed by atoms with Crippen molar-refractivity contribution in [3.05, 3.63) is 78.0 Å². The molecule has 33 heavy (non-hydrogen) atoms. The zero-order valence-electron chi connectivity index (χ0n) is 17.8. The van der Waals surface area contributed by atoms with Crippen molar-refractivity contribution in [1.82, 2.24) is 4.98 Å². The zero-order valence-corrected chi connectivity index (χ0v) is 17.8. The van der Waals surface area contributed by atoms with Gasteiger partial charge in [-0.3, -0.25) is 9.79 Å². The Morgan fingerprint density at radius 3 is 2.85 bits per heavy atom. The summed E-state index contributed by atoms with van der Waals surface area (Å²) in [5.41, 5.74) is 3.90. The highest BCUT2D eigenvalue weighted by atomic mass is 16.6. The van der Waals surface area contributed by atoms with Crippen LogP contribution in [0.15, 0.2) is 71.9 Å². The average molecular weight is 439 g/mol. The van der Waals surface area contributed by atoms with Gasteiger partial charge in [0.2, 0.25) is 5.91 Å². The van der Waals surface area contributed by atoms with Crippen molar-refractivity contribution in [2.75, 3.05) is 11.9 Å². The molecule has 1 N–H and O–H groups in total. The lowest BCUT2D eigenvalue weighted by Crippen LogP contribution is -2.35. The van der Waals surface area contributed by atoms with E-state index in [1.54, 1.807) is 12.3 Å². The number of amides is 1. The Labute approximate surface area is 190 Å². The van der Waals surface area contributed by atoms with Gasteiger partial charge in [-0.15, -0.1) is 0 Å². The van der Waals surface area contributed by atoms with E-state index in [-0.39, 0.29) is 12.0 Å². The van der Waals surface area contributed by atoms with Gasteiger partial charge in [0.15, 0.2) is 17.6 Å². The molecule has 1 atom stereocenters. The third kappa shape index (κ3) is 3.82. The maximum Gasteiger partial charge on any atom is 0.225 e. The summed E-state index contributed by atoms with van der Waals surface area (Å²) in [7, 11) is 0. The van der Waals surface area contributed by atoms with E-state index in [4.69, 9.17) is 19.2 Å². The predicted molar refractivity (Wildman–Crippen MR) is 124 cm³/mol. The van der Waals surface area contributed by atoms with Crippen LogP contribution >= 0.6 is 0 Å². The van der Waals surface area contributed by atoms with E-state index in [0.717, 1.165) is 29.0 Å². The van der Waals surface area contributed by atoms with Crippen molar-refractivity contribution in [2.45, 2.75) is 25.4 Å². The summed E-state index contributed by atoms with van der Waals surface area (Å²) < 4.78 is 18.4. The second-order valence-corrected chi connectivity index (χ2v) is 8.08. The largest absolute Gasteiger partial charge is 0.485 e. The van der Waals surface area contributed by atoms with E-state index in [1.807, 2.05) is 36.4 Å². The molecule has 1 aromatic heterocycles. The Morgan fingerprint density at radius 2 is 1.94 bits per heavy atom. The minimum absolute atomic E-state index is 0.0303. The molecule has 1 amide bonds. The van der Waals surface area contributed by atoms with Crippen LogP contribution in [0.3, 0.4) is 0 Å².